The molecule has 104 valence electrons. The van der Waals surface area contributed by atoms with Crippen LogP contribution in [0.3, 0.4) is 0 Å². The molecule has 1 aliphatic heterocycles. The Morgan fingerprint density at radius 3 is 2.74 bits per heavy atom. The Hall–Kier alpha value is -0.380. The number of ether oxygens (including phenoxy) is 1. The highest BCUT2D eigenvalue weighted by molar-refractivity contribution is 9.10. The van der Waals surface area contributed by atoms with E-state index >= 15 is 0 Å². The highest BCUT2D eigenvalue weighted by atomic mass is 79.9. The molecule has 1 saturated heterocycles. The van der Waals surface area contributed by atoms with E-state index in [0.717, 1.165) is 23.9 Å². The van der Waals surface area contributed by atoms with Crippen molar-refractivity contribution in [3.05, 3.63) is 34.3 Å². The van der Waals surface area contributed by atoms with Crippen LogP contribution < -0.4 is 5.73 Å². The van der Waals surface area contributed by atoms with Crippen LogP contribution in [0.4, 0.5) is 0 Å². The summed E-state index contributed by atoms with van der Waals surface area (Å²) in [5, 5.41) is 0. The lowest BCUT2D eigenvalue weighted by Gasteiger charge is -2.40. The topological polar surface area (TPSA) is 35.2 Å². The van der Waals surface area contributed by atoms with Crippen molar-refractivity contribution >= 4 is 15.9 Å². The fraction of sp³-hybridized carbons (Fsp3) is 0.625. The lowest BCUT2D eigenvalue weighted by Crippen LogP contribution is -2.40. The van der Waals surface area contributed by atoms with Gasteiger partial charge in [0.2, 0.25) is 0 Å². The Balaban J connectivity index is 1.76. The molecule has 0 aromatic heterocycles. The van der Waals surface area contributed by atoms with Gasteiger partial charge in [-0.2, -0.15) is 0 Å². The summed E-state index contributed by atoms with van der Waals surface area (Å²) in [6.45, 7) is 0.878. The smallest absolute Gasteiger partial charge is 0.0685 e. The normalized spacial score (nSPS) is 27.6. The van der Waals surface area contributed by atoms with E-state index in [9.17, 15) is 0 Å². The van der Waals surface area contributed by atoms with Crippen LogP contribution in [0.5, 0.6) is 0 Å². The second-order valence-electron chi connectivity index (χ2n) is 6.04. The predicted octanol–water partition coefficient (Wildman–Crippen LogP) is 4.19. The first-order chi connectivity index (χ1) is 9.20. The van der Waals surface area contributed by atoms with Gasteiger partial charge < -0.3 is 10.5 Å². The summed E-state index contributed by atoms with van der Waals surface area (Å²) in [5.41, 5.74) is 7.93. The number of hydrogen-bond acceptors (Lipinski definition) is 2. The van der Waals surface area contributed by atoms with Gasteiger partial charge in [0, 0.05) is 17.1 Å². The number of benzene rings is 1. The molecule has 2 nitrogen and oxygen atoms in total. The number of rotatable bonds is 2. The summed E-state index contributed by atoms with van der Waals surface area (Å²) in [5.74, 6) is 0.547. The van der Waals surface area contributed by atoms with Crippen LogP contribution in [-0.4, -0.2) is 12.2 Å². The van der Waals surface area contributed by atoms with E-state index in [4.69, 9.17) is 10.5 Å². The minimum absolute atomic E-state index is 0.122. The fourth-order valence-corrected chi connectivity index (χ4v) is 4.29. The third kappa shape index (κ3) is 2.74. The van der Waals surface area contributed by atoms with Gasteiger partial charge in [-0.3, -0.25) is 0 Å². The van der Waals surface area contributed by atoms with Crippen LogP contribution in [0.2, 0.25) is 0 Å². The van der Waals surface area contributed by atoms with Gasteiger partial charge in [0.15, 0.2) is 0 Å². The molecule has 0 bridgehead atoms. The Bertz CT molecular complexity index is 442. The molecule has 3 heteroatoms. The van der Waals surface area contributed by atoms with Crippen LogP contribution in [-0.2, 0) is 4.74 Å². The molecule has 1 saturated carbocycles. The molecule has 2 aliphatic rings. The molecule has 2 fully saturated rings. The Morgan fingerprint density at radius 2 is 2.00 bits per heavy atom. The monoisotopic (exact) mass is 323 g/mol. The summed E-state index contributed by atoms with van der Waals surface area (Å²) in [6, 6.07) is 8.47. The molecule has 1 aromatic carbocycles. The molecular formula is C16H22BrNO. The van der Waals surface area contributed by atoms with Crippen molar-refractivity contribution in [2.24, 2.45) is 11.7 Å². The van der Waals surface area contributed by atoms with Gasteiger partial charge in [0.1, 0.15) is 0 Å². The van der Waals surface area contributed by atoms with Gasteiger partial charge in [-0.15, -0.1) is 0 Å². The van der Waals surface area contributed by atoms with Crippen molar-refractivity contribution in [1.29, 1.82) is 0 Å². The SMILES string of the molecule is NC(c1ccccc1Br)C1CCOC2(CCCC2)C1. The van der Waals surface area contributed by atoms with Gasteiger partial charge in [-0.1, -0.05) is 47.0 Å². The van der Waals surface area contributed by atoms with E-state index < -0.39 is 0 Å². The zero-order chi connectivity index (χ0) is 13.3. The second kappa shape index (κ2) is 5.55. The summed E-state index contributed by atoms with van der Waals surface area (Å²) in [7, 11) is 0. The molecule has 3 rings (SSSR count). The maximum absolute atomic E-state index is 6.54. The molecule has 0 amide bonds. The molecule has 1 aromatic rings. The van der Waals surface area contributed by atoms with Crippen molar-refractivity contribution in [3.8, 4) is 0 Å². The molecule has 2 N–H and O–H groups in total. The molecule has 0 radical (unpaired) electrons. The van der Waals surface area contributed by atoms with E-state index in [1.807, 2.05) is 6.07 Å². The minimum Gasteiger partial charge on any atom is -0.375 e. The molecule has 1 heterocycles. The quantitative estimate of drug-likeness (QED) is 0.885. The summed E-state index contributed by atoms with van der Waals surface area (Å²) in [4.78, 5) is 0. The summed E-state index contributed by atoms with van der Waals surface area (Å²) >= 11 is 3.63. The first kappa shape index (κ1) is 13.6. The van der Waals surface area contributed by atoms with Gasteiger partial charge in [-0.05, 0) is 43.2 Å². The van der Waals surface area contributed by atoms with Crippen LogP contribution in [0.1, 0.15) is 50.1 Å². The largest absolute Gasteiger partial charge is 0.375 e. The molecule has 1 aliphatic carbocycles. The molecular weight excluding hydrogens is 302 g/mol. The van der Waals surface area contributed by atoms with E-state index in [1.54, 1.807) is 0 Å². The Labute approximate surface area is 123 Å². The van der Waals surface area contributed by atoms with Gasteiger partial charge in [-0.25, -0.2) is 0 Å². The number of hydrogen-bond donors (Lipinski definition) is 1. The Morgan fingerprint density at radius 1 is 1.26 bits per heavy atom. The van der Waals surface area contributed by atoms with Crippen LogP contribution in [0.15, 0.2) is 28.7 Å². The average Bonchev–Trinajstić information content (AvgIpc) is 2.86. The molecule has 1 spiro atoms. The second-order valence-corrected chi connectivity index (χ2v) is 6.89. The standard InChI is InChI=1S/C16H22BrNO/c17-14-6-2-1-5-13(14)15(18)12-7-10-19-16(11-12)8-3-4-9-16/h1-2,5-6,12,15H,3-4,7-11,18H2. The van der Waals surface area contributed by atoms with Crippen molar-refractivity contribution < 1.29 is 4.74 Å². The first-order valence-electron chi connectivity index (χ1n) is 7.34. The van der Waals surface area contributed by atoms with Crippen LogP contribution in [0.25, 0.3) is 0 Å². The van der Waals surface area contributed by atoms with Crippen molar-refractivity contribution in [2.45, 2.75) is 50.2 Å². The zero-order valence-corrected chi connectivity index (χ0v) is 12.9. The van der Waals surface area contributed by atoms with Crippen molar-refractivity contribution in [3.63, 3.8) is 0 Å². The van der Waals surface area contributed by atoms with Gasteiger partial charge in [0.25, 0.3) is 0 Å². The summed E-state index contributed by atoms with van der Waals surface area (Å²) < 4.78 is 7.24. The van der Waals surface area contributed by atoms with Crippen LogP contribution in [0, 0.1) is 5.92 Å². The van der Waals surface area contributed by atoms with Crippen molar-refractivity contribution in [1.82, 2.24) is 0 Å². The summed E-state index contributed by atoms with van der Waals surface area (Å²) in [6.07, 6.45) is 7.31. The maximum Gasteiger partial charge on any atom is 0.0685 e. The average molecular weight is 324 g/mol. The Kier molecular flexibility index (Phi) is 3.97. The van der Waals surface area contributed by atoms with Crippen molar-refractivity contribution in [2.75, 3.05) is 6.61 Å². The third-order valence-electron chi connectivity index (χ3n) is 4.82. The van der Waals surface area contributed by atoms with E-state index in [0.29, 0.717) is 5.92 Å². The fourth-order valence-electron chi connectivity index (χ4n) is 3.74. The van der Waals surface area contributed by atoms with E-state index in [1.165, 1.54) is 31.2 Å². The van der Waals surface area contributed by atoms with Gasteiger partial charge >= 0.3 is 0 Å². The van der Waals surface area contributed by atoms with E-state index in [2.05, 4.69) is 34.1 Å². The number of nitrogens with two attached hydrogens (primary N) is 1. The van der Waals surface area contributed by atoms with Gasteiger partial charge in [0.05, 0.1) is 5.60 Å². The molecule has 19 heavy (non-hydrogen) atoms. The predicted molar refractivity (Wildman–Crippen MR) is 80.9 cm³/mol. The lowest BCUT2D eigenvalue weighted by atomic mass is 9.79. The molecule has 2 atom stereocenters. The third-order valence-corrected chi connectivity index (χ3v) is 5.54. The number of halogens is 1. The maximum atomic E-state index is 6.54. The molecule has 2 unspecified atom stereocenters. The lowest BCUT2D eigenvalue weighted by molar-refractivity contribution is -0.0964. The zero-order valence-electron chi connectivity index (χ0n) is 11.3. The minimum atomic E-state index is 0.122. The highest BCUT2D eigenvalue weighted by Crippen LogP contribution is 2.45. The van der Waals surface area contributed by atoms with E-state index in [-0.39, 0.29) is 11.6 Å². The highest BCUT2D eigenvalue weighted by Gasteiger charge is 2.41. The first-order valence-corrected chi connectivity index (χ1v) is 8.13. The van der Waals surface area contributed by atoms with Crippen LogP contribution >= 0.6 is 15.9 Å².